The van der Waals surface area contributed by atoms with E-state index >= 15 is 0 Å². The van der Waals surface area contributed by atoms with Gasteiger partial charge in [-0.3, -0.25) is 0 Å². The lowest BCUT2D eigenvalue weighted by Gasteiger charge is -2.00. The first kappa shape index (κ1) is 20.1. The second-order valence-electron chi connectivity index (χ2n) is 4.66. The van der Waals surface area contributed by atoms with Crippen LogP contribution in [0.2, 0.25) is 0 Å². The zero-order chi connectivity index (χ0) is 15.3. The standard InChI is InChI=1S/C12H14S.C4H10.C2H4/c1-4-5-11(3)13-12-8-6-10(2)7-9-12;1-4(2)3;1-2/h4-9H,1H2,2-3H3;4H,1-3H3;1-2H2/b11-5+;;. The Labute approximate surface area is 124 Å². The molecule has 0 heterocycles. The summed E-state index contributed by atoms with van der Waals surface area (Å²) in [6.07, 6.45) is 3.83. The van der Waals surface area contributed by atoms with Crippen LogP contribution in [0.3, 0.4) is 0 Å². The van der Waals surface area contributed by atoms with Crippen LogP contribution in [0, 0.1) is 12.8 Å². The molecule has 0 N–H and O–H groups in total. The number of benzene rings is 1. The number of aryl methyl sites for hydroxylation is 1. The van der Waals surface area contributed by atoms with E-state index in [1.165, 1.54) is 15.4 Å². The summed E-state index contributed by atoms with van der Waals surface area (Å²) >= 11 is 1.77. The molecular weight excluding hydrogens is 248 g/mol. The van der Waals surface area contributed by atoms with Crippen molar-refractivity contribution >= 4 is 11.8 Å². The van der Waals surface area contributed by atoms with E-state index in [1.54, 1.807) is 11.8 Å². The lowest BCUT2D eigenvalue weighted by molar-refractivity contribution is 0.737. The van der Waals surface area contributed by atoms with Gasteiger partial charge in [0.25, 0.3) is 0 Å². The quantitative estimate of drug-likeness (QED) is 0.339. The van der Waals surface area contributed by atoms with Crippen molar-refractivity contribution in [1.82, 2.24) is 0 Å². The number of allylic oxidation sites excluding steroid dienone is 3. The second-order valence-corrected chi connectivity index (χ2v) is 5.98. The van der Waals surface area contributed by atoms with Crippen LogP contribution in [0.5, 0.6) is 0 Å². The summed E-state index contributed by atoms with van der Waals surface area (Å²) < 4.78 is 0. The van der Waals surface area contributed by atoms with Crippen LogP contribution in [0.1, 0.15) is 33.3 Å². The predicted octanol–water partition coefficient (Wildman–Crippen LogP) is 6.64. The molecule has 0 unspecified atom stereocenters. The molecule has 106 valence electrons. The van der Waals surface area contributed by atoms with Crippen LogP contribution in [-0.2, 0) is 0 Å². The third-order valence-electron chi connectivity index (χ3n) is 1.65. The van der Waals surface area contributed by atoms with E-state index in [2.05, 4.69) is 78.6 Å². The summed E-state index contributed by atoms with van der Waals surface area (Å²) in [5.41, 5.74) is 1.30. The monoisotopic (exact) mass is 276 g/mol. The van der Waals surface area contributed by atoms with Crippen molar-refractivity contribution in [3.05, 3.63) is 66.6 Å². The molecule has 0 amide bonds. The van der Waals surface area contributed by atoms with Crippen molar-refractivity contribution in [2.75, 3.05) is 0 Å². The van der Waals surface area contributed by atoms with Gasteiger partial charge in [-0.25, -0.2) is 0 Å². The minimum atomic E-state index is 0.833. The average molecular weight is 276 g/mol. The Hall–Kier alpha value is -1.21. The van der Waals surface area contributed by atoms with E-state index in [-0.39, 0.29) is 0 Å². The van der Waals surface area contributed by atoms with E-state index < -0.39 is 0 Å². The van der Waals surface area contributed by atoms with E-state index in [9.17, 15) is 0 Å². The van der Waals surface area contributed by atoms with E-state index in [4.69, 9.17) is 0 Å². The topological polar surface area (TPSA) is 0 Å². The van der Waals surface area contributed by atoms with Crippen LogP contribution < -0.4 is 0 Å². The summed E-state index contributed by atoms with van der Waals surface area (Å²) in [6.45, 7) is 20.4. The van der Waals surface area contributed by atoms with E-state index in [1.807, 2.05) is 12.2 Å². The van der Waals surface area contributed by atoms with Crippen molar-refractivity contribution in [2.45, 2.75) is 39.5 Å². The van der Waals surface area contributed by atoms with Crippen LogP contribution in [-0.4, -0.2) is 0 Å². The molecule has 0 aromatic heterocycles. The molecule has 0 saturated carbocycles. The fourth-order valence-corrected chi connectivity index (χ4v) is 1.80. The van der Waals surface area contributed by atoms with Crippen molar-refractivity contribution in [3.8, 4) is 0 Å². The average Bonchev–Trinajstić information content (AvgIpc) is 2.34. The van der Waals surface area contributed by atoms with Crippen LogP contribution >= 0.6 is 11.8 Å². The van der Waals surface area contributed by atoms with Crippen LogP contribution in [0.4, 0.5) is 0 Å². The fraction of sp³-hybridized carbons (Fsp3) is 0.333. The molecule has 0 spiro atoms. The van der Waals surface area contributed by atoms with E-state index in [0.717, 1.165) is 5.92 Å². The van der Waals surface area contributed by atoms with Gasteiger partial charge in [-0.05, 0) is 36.8 Å². The first-order chi connectivity index (χ1) is 8.95. The second kappa shape index (κ2) is 13.2. The Bertz CT molecular complexity index is 355. The number of hydrogen-bond donors (Lipinski definition) is 0. The van der Waals surface area contributed by atoms with Gasteiger partial charge in [0, 0.05) is 4.90 Å². The van der Waals surface area contributed by atoms with Gasteiger partial charge in [0.2, 0.25) is 0 Å². The molecule has 0 aliphatic heterocycles. The third kappa shape index (κ3) is 14.7. The summed E-state index contributed by atoms with van der Waals surface area (Å²) in [4.78, 5) is 2.54. The molecular formula is C18H28S. The van der Waals surface area contributed by atoms with Crippen LogP contribution in [0.15, 0.2) is 66.0 Å². The van der Waals surface area contributed by atoms with Gasteiger partial charge in [-0.2, -0.15) is 0 Å². The third-order valence-corrected chi connectivity index (χ3v) is 2.62. The highest BCUT2D eigenvalue weighted by atomic mass is 32.2. The molecule has 0 aliphatic carbocycles. The Morgan fingerprint density at radius 2 is 1.53 bits per heavy atom. The van der Waals surface area contributed by atoms with Crippen molar-refractivity contribution in [1.29, 1.82) is 0 Å². The highest BCUT2D eigenvalue weighted by Gasteiger charge is 1.93. The smallest absolute Gasteiger partial charge is 0.0119 e. The lowest BCUT2D eigenvalue weighted by Crippen LogP contribution is -1.73. The van der Waals surface area contributed by atoms with Crippen molar-refractivity contribution in [3.63, 3.8) is 0 Å². The highest BCUT2D eigenvalue weighted by molar-refractivity contribution is 8.03. The largest absolute Gasteiger partial charge is 0.106 e. The molecule has 0 nitrogen and oxygen atoms in total. The maximum absolute atomic E-state index is 3.67. The molecule has 0 radical (unpaired) electrons. The molecule has 1 rings (SSSR count). The fourth-order valence-electron chi connectivity index (χ4n) is 0.992. The Balaban J connectivity index is 0. The molecule has 19 heavy (non-hydrogen) atoms. The van der Waals surface area contributed by atoms with Gasteiger partial charge < -0.3 is 0 Å². The predicted molar refractivity (Wildman–Crippen MR) is 92.8 cm³/mol. The number of rotatable bonds is 3. The maximum atomic E-state index is 3.67. The summed E-state index contributed by atoms with van der Waals surface area (Å²) in [7, 11) is 0. The SMILES string of the molecule is C=C.C=C/C=C(\C)Sc1ccc(C)cc1.CC(C)C. The van der Waals surface area contributed by atoms with Gasteiger partial charge in [-0.1, -0.05) is 69.0 Å². The highest BCUT2D eigenvalue weighted by Crippen LogP contribution is 2.25. The number of thioether (sulfide) groups is 1. The zero-order valence-electron chi connectivity index (χ0n) is 13.1. The van der Waals surface area contributed by atoms with Crippen LogP contribution in [0.25, 0.3) is 0 Å². The number of hydrogen-bond acceptors (Lipinski definition) is 1. The molecule has 0 aliphatic rings. The van der Waals surface area contributed by atoms with Crippen molar-refractivity contribution < 1.29 is 0 Å². The molecule has 1 aromatic carbocycles. The van der Waals surface area contributed by atoms with Gasteiger partial charge in [0.1, 0.15) is 0 Å². The first-order valence-electron chi connectivity index (χ1n) is 6.49. The molecule has 0 fully saturated rings. The first-order valence-corrected chi connectivity index (χ1v) is 7.31. The Kier molecular flexibility index (Phi) is 14.0. The Morgan fingerprint density at radius 3 is 1.89 bits per heavy atom. The van der Waals surface area contributed by atoms with Gasteiger partial charge in [-0.15, -0.1) is 13.2 Å². The minimum absolute atomic E-state index is 0.833. The molecule has 0 saturated heterocycles. The zero-order valence-corrected chi connectivity index (χ0v) is 13.9. The maximum Gasteiger partial charge on any atom is 0.0119 e. The minimum Gasteiger partial charge on any atom is -0.106 e. The van der Waals surface area contributed by atoms with Gasteiger partial charge >= 0.3 is 0 Å². The Morgan fingerprint density at radius 1 is 1.11 bits per heavy atom. The lowest BCUT2D eigenvalue weighted by atomic mass is 10.2. The molecule has 0 atom stereocenters. The van der Waals surface area contributed by atoms with E-state index in [0.29, 0.717) is 0 Å². The summed E-state index contributed by atoms with van der Waals surface area (Å²) in [6, 6.07) is 8.54. The van der Waals surface area contributed by atoms with Gasteiger partial charge in [0.05, 0.1) is 0 Å². The van der Waals surface area contributed by atoms with Crippen molar-refractivity contribution in [2.24, 2.45) is 5.92 Å². The van der Waals surface area contributed by atoms with Gasteiger partial charge in [0.15, 0.2) is 0 Å². The normalized spacial score (nSPS) is 9.89. The summed E-state index contributed by atoms with van der Waals surface area (Å²) in [5, 5.41) is 0. The molecule has 1 aromatic rings. The molecule has 0 bridgehead atoms. The molecule has 1 heteroatoms. The summed E-state index contributed by atoms with van der Waals surface area (Å²) in [5.74, 6) is 0.833.